The Bertz CT molecular complexity index is 1410. The molecule has 0 aliphatic heterocycles. The average Bonchev–Trinajstić information content (AvgIpc) is 3.18. The number of hydrazone groups is 1. The van der Waals surface area contributed by atoms with Gasteiger partial charge in [0.2, 0.25) is 0 Å². The van der Waals surface area contributed by atoms with Crippen LogP contribution in [0.25, 0.3) is 10.2 Å². The van der Waals surface area contributed by atoms with Crippen LogP contribution in [0.1, 0.15) is 36.9 Å². The molecule has 0 saturated carbocycles. The van der Waals surface area contributed by atoms with Crippen LogP contribution >= 0.6 is 27.3 Å². The van der Waals surface area contributed by atoms with Crippen LogP contribution in [0.3, 0.4) is 0 Å². The molecule has 7 nitrogen and oxygen atoms in total. The van der Waals surface area contributed by atoms with Crippen molar-refractivity contribution in [1.29, 1.82) is 0 Å². The van der Waals surface area contributed by atoms with Gasteiger partial charge < -0.3 is 10.1 Å². The van der Waals surface area contributed by atoms with Crippen molar-refractivity contribution in [1.82, 2.24) is 10.4 Å². The van der Waals surface area contributed by atoms with Crippen molar-refractivity contribution in [2.24, 2.45) is 5.10 Å². The third-order valence-electron chi connectivity index (χ3n) is 5.03. The van der Waals surface area contributed by atoms with Gasteiger partial charge in [-0.15, -0.1) is 11.3 Å². The van der Waals surface area contributed by atoms with Crippen LogP contribution in [0.4, 0.5) is 5.69 Å². The van der Waals surface area contributed by atoms with E-state index in [0.29, 0.717) is 26.7 Å². The minimum atomic E-state index is -0.441. The first-order chi connectivity index (χ1) is 16.4. The molecule has 0 radical (unpaired) electrons. The summed E-state index contributed by atoms with van der Waals surface area (Å²) in [5.74, 6) is -0.386. The molecule has 4 aromatic rings. The molecule has 9 heteroatoms. The van der Waals surface area contributed by atoms with Crippen LogP contribution in [0.15, 0.2) is 64.2 Å². The number of aryl methyl sites for hydroxylation is 2. The SMILES string of the molecule is COc1ccccc1C(=O)Nc1c(C(=O)NN=Cc2ccc(Br)cc2)sc2nc(C)cc(C)c12. The highest BCUT2D eigenvalue weighted by atomic mass is 79.9. The Labute approximate surface area is 209 Å². The van der Waals surface area contributed by atoms with Gasteiger partial charge in [-0.1, -0.05) is 40.2 Å². The first kappa shape index (κ1) is 23.6. The largest absolute Gasteiger partial charge is 0.496 e. The number of para-hydroxylation sites is 1. The van der Waals surface area contributed by atoms with E-state index in [-0.39, 0.29) is 5.91 Å². The number of carbonyl (C=O) groups excluding carboxylic acids is 2. The van der Waals surface area contributed by atoms with E-state index in [0.717, 1.165) is 26.7 Å². The molecule has 34 heavy (non-hydrogen) atoms. The lowest BCUT2D eigenvalue weighted by atomic mass is 10.1. The second-order valence-electron chi connectivity index (χ2n) is 7.47. The molecule has 2 N–H and O–H groups in total. The normalized spacial score (nSPS) is 11.1. The number of nitrogens with one attached hydrogen (secondary N) is 2. The van der Waals surface area contributed by atoms with Gasteiger partial charge in [0.05, 0.1) is 24.6 Å². The first-order valence-corrected chi connectivity index (χ1v) is 11.9. The molecule has 0 aliphatic rings. The lowest BCUT2D eigenvalue weighted by Crippen LogP contribution is -2.20. The third-order valence-corrected chi connectivity index (χ3v) is 6.64. The van der Waals surface area contributed by atoms with Gasteiger partial charge >= 0.3 is 0 Å². The van der Waals surface area contributed by atoms with Crippen molar-refractivity contribution >= 4 is 61.2 Å². The van der Waals surface area contributed by atoms with E-state index in [1.165, 1.54) is 18.4 Å². The number of hydrogen-bond acceptors (Lipinski definition) is 6. The first-order valence-electron chi connectivity index (χ1n) is 10.3. The Hall–Kier alpha value is -3.56. The van der Waals surface area contributed by atoms with Crippen molar-refractivity contribution in [3.8, 4) is 5.75 Å². The van der Waals surface area contributed by atoms with Crippen molar-refractivity contribution in [3.05, 3.63) is 86.3 Å². The van der Waals surface area contributed by atoms with Gasteiger partial charge in [-0.2, -0.15) is 5.10 Å². The Balaban J connectivity index is 1.69. The molecule has 0 bridgehead atoms. The molecule has 0 spiro atoms. The number of carbonyl (C=O) groups is 2. The summed E-state index contributed by atoms with van der Waals surface area (Å²) in [7, 11) is 1.51. The number of amides is 2. The quantitative estimate of drug-likeness (QED) is 0.244. The molecule has 0 aliphatic carbocycles. The predicted molar refractivity (Wildman–Crippen MR) is 139 cm³/mol. The molecule has 2 amide bonds. The zero-order chi connectivity index (χ0) is 24.2. The highest BCUT2D eigenvalue weighted by molar-refractivity contribution is 9.10. The van der Waals surface area contributed by atoms with E-state index >= 15 is 0 Å². The van der Waals surface area contributed by atoms with Crippen LogP contribution in [0, 0.1) is 13.8 Å². The molecule has 172 valence electrons. The van der Waals surface area contributed by atoms with E-state index in [2.05, 4.69) is 36.8 Å². The molecule has 0 unspecified atom stereocenters. The maximum absolute atomic E-state index is 13.1. The predicted octanol–water partition coefficient (Wildman–Crippen LogP) is 5.70. The van der Waals surface area contributed by atoms with E-state index in [1.54, 1.807) is 30.5 Å². The molecular formula is C25H21BrN4O3S. The number of halogens is 1. The van der Waals surface area contributed by atoms with E-state index < -0.39 is 5.91 Å². The van der Waals surface area contributed by atoms with E-state index in [4.69, 9.17) is 4.74 Å². The summed E-state index contributed by atoms with van der Waals surface area (Å²) in [5.41, 5.74) is 5.89. The number of hydrogen-bond donors (Lipinski definition) is 2. The van der Waals surface area contributed by atoms with Crippen molar-refractivity contribution in [3.63, 3.8) is 0 Å². The van der Waals surface area contributed by atoms with E-state index in [9.17, 15) is 9.59 Å². The molecule has 0 saturated heterocycles. The summed E-state index contributed by atoms with van der Waals surface area (Å²) in [4.78, 5) is 31.8. The maximum Gasteiger partial charge on any atom is 0.283 e. The summed E-state index contributed by atoms with van der Waals surface area (Å²) in [6.45, 7) is 3.82. The van der Waals surface area contributed by atoms with Gasteiger partial charge in [-0.25, -0.2) is 10.4 Å². The third kappa shape index (κ3) is 5.00. The van der Waals surface area contributed by atoms with Crippen LogP contribution in [0.2, 0.25) is 0 Å². The summed E-state index contributed by atoms with van der Waals surface area (Å²) in [6.07, 6.45) is 1.55. The molecular weight excluding hydrogens is 516 g/mol. The fourth-order valence-corrected chi connectivity index (χ4v) is 4.90. The zero-order valence-corrected chi connectivity index (χ0v) is 21.1. The summed E-state index contributed by atoms with van der Waals surface area (Å²) >= 11 is 4.59. The molecule has 2 aromatic heterocycles. The molecule has 2 aromatic carbocycles. The molecule has 0 fully saturated rings. The maximum atomic E-state index is 13.1. The van der Waals surface area contributed by atoms with Crippen LogP contribution in [-0.2, 0) is 0 Å². The Kier molecular flexibility index (Phi) is 7.04. The fraction of sp³-hybridized carbons (Fsp3) is 0.120. The van der Waals surface area contributed by atoms with Crippen LogP contribution < -0.4 is 15.5 Å². The highest BCUT2D eigenvalue weighted by Crippen LogP contribution is 2.38. The highest BCUT2D eigenvalue weighted by Gasteiger charge is 2.24. The number of methoxy groups -OCH3 is 1. The number of rotatable bonds is 6. The summed E-state index contributed by atoms with van der Waals surface area (Å²) in [5, 5.41) is 7.71. The van der Waals surface area contributed by atoms with Gasteiger partial charge in [0.1, 0.15) is 15.5 Å². The standard InChI is InChI=1S/C25H21BrN4O3S/c1-14-12-15(2)28-25-20(14)21(29-23(31)18-6-4-5-7-19(18)33-3)22(34-25)24(32)30-27-13-16-8-10-17(26)11-9-16/h4-13H,1-3H3,(H,29,31)(H,30,32). The number of pyridine rings is 1. The topological polar surface area (TPSA) is 92.7 Å². The van der Waals surface area contributed by atoms with Gasteiger partial charge in [-0.3, -0.25) is 9.59 Å². The van der Waals surface area contributed by atoms with Gasteiger partial charge in [-0.05, 0) is 55.3 Å². The van der Waals surface area contributed by atoms with Gasteiger partial charge in [0, 0.05) is 15.6 Å². The van der Waals surface area contributed by atoms with Crippen LogP contribution in [-0.4, -0.2) is 30.1 Å². The van der Waals surface area contributed by atoms with Crippen molar-refractivity contribution in [2.75, 3.05) is 12.4 Å². The number of nitrogens with zero attached hydrogens (tertiary/aromatic N) is 2. The number of anilines is 1. The number of ether oxygens (including phenoxy) is 1. The summed E-state index contributed by atoms with van der Waals surface area (Å²) in [6, 6.07) is 16.3. The fourth-order valence-electron chi connectivity index (χ4n) is 3.50. The lowest BCUT2D eigenvalue weighted by Gasteiger charge is -2.11. The monoisotopic (exact) mass is 536 g/mol. The van der Waals surface area contributed by atoms with Crippen molar-refractivity contribution < 1.29 is 14.3 Å². The number of fused-ring (bicyclic) bond motifs is 1. The minimum absolute atomic E-state index is 0.312. The van der Waals surface area contributed by atoms with Crippen molar-refractivity contribution in [2.45, 2.75) is 13.8 Å². The molecule has 4 rings (SSSR count). The van der Waals surface area contributed by atoms with E-state index in [1.807, 2.05) is 44.2 Å². The smallest absolute Gasteiger partial charge is 0.283 e. The molecule has 0 atom stereocenters. The second-order valence-corrected chi connectivity index (χ2v) is 9.39. The van der Waals surface area contributed by atoms with Gasteiger partial charge in [0.25, 0.3) is 11.8 Å². The zero-order valence-electron chi connectivity index (χ0n) is 18.7. The lowest BCUT2D eigenvalue weighted by molar-refractivity contribution is 0.0960. The number of benzene rings is 2. The molecule has 2 heterocycles. The Morgan fingerprint density at radius 1 is 1.09 bits per heavy atom. The summed E-state index contributed by atoms with van der Waals surface area (Å²) < 4.78 is 6.27. The number of thiophene rings is 1. The number of aromatic nitrogens is 1. The Morgan fingerprint density at radius 3 is 2.56 bits per heavy atom. The average molecular weight is 537 g/mol. The van der Waals surface area contributed by atoms with Crippen LogP contribution in [0.5, 0.6) is 5.75 Å². The second kappa shape index (κ2) is 10.1. The minimum Gasteiger partial charge on any atom is -0.496 e. The Morgan fingerprint density at radius 2 is 1.82 bits per heavy atom. The van der Waals surface area contributed by atoms with Gasteiger partial charge in [0.15, 0.2) is 0 Å².